The van der Waals surface area contributed by atoms with Crippen molar-refractivity contribution in [2.24, 2.45) is 0 Å². The number of nitrogens with zero attached hydrogens (tertiary/aromatic N) is 1. The summed E-state index contributed by atoms with van der Waals surface area (Å²) in [6.45, 7) is 2.00. The molecule has 0 saturated heterocycles. The largest absolute Gasteiger partial charge is 0.338 e. The monoisotopic (exact) mass is 330 g/mol. The Kier molecular flexibility index (Phi) is 3.92. The number of nitrogens with one attached hydrogen (secondary N) is 1. The van der Waals surface area contributed by atoms with Gasteiger partial charge in [0.05, 0.1) is 15.7 Å². The molecule has 0 aliphatic heterocycles. The molecular weight excluding hydrogens is 323 g/mol. The van der Waals surface area contributed by atoms with Crippen molar-refractivity contribution in [3.05, 3.63) is 50.5 Å². The molecule has 1 aromatic heterocycles. The van der Waals surface area contributed by atoms with E-state index in [0.717, 1.165) is 15.7 Å². The molecule has 0 radical (unpaired) electrons. The van der Waals surface area contributed by atoms with E-state index in [9.17, 15) is 0 Å². The molecular formula is C12H9BrCl2N2. The maximum Gasteiger partial charge on any atom is 0.149 e. The van der Waals surface area contributed by atoms with Gasteiger partial charge in [-0.2, -0.15) is 0 Å². The lowest BCUT2D eigenvalue weighted by molar-refractivity contribution is 1.29. The van der Waals surface area contributed by atoms with E-state index in [1.165, 1.54) is 0 Å². The molecule has 1 N–H and O–H groups in total. The van der Waals surface area contributed by atoms with Gasteiger partial charge in [-0.25, -0.2) is 4.98 Å². The third-order valence-electron chi connectivity index (χ3n) is 2.18. The van der Waals surface area contributed by atoms with Gasteiger partial charge in [0.2, 0.25) is 0 Å². The summed E-state index contributed by atoms with van der Waals surface area (Å²) in [7, 11) is 0. The average Bonchev–Trinajstić information content (AvgIpc) is 2.27. The van der Waals surface area contributed by atoms with E-state index in [1.807, 2.05) is 25.1 Å². The first-order chi connectivity index (χ1) is 8.06. The van der Waals surface area contributed by atoms with Crippen molar-refractivity contribution < 1.29 is 0 Å². The SMILES string of the molecule is Cc1ccc(Cl)c(Nc2ncc(Br)cc2Cl)c1. The Hall–Kier alpha value is -0.770. The molecule has 0 atom stereocenters. The maximum atomic E-state index is 6.09. The number of benzene rings is 1. The highest BCUT2D eigenvalue weighted by Gasteiger charge is 2.06. The van der Waals surface area contributed by atoms with Gasteiger partial charge in [0.25, 0.3) is 0 Å². The van der Waals surface area contributed by atoms with E-state index in [1.54, 1.807) is 12.3 Å². The zero-order valence-corrected chi connectivity index (χ0v) is 12.1. The average molecular weight is 332 g/mol. The molecule has 0 amide bonds. The Labute approximate surface area is 118 Å². The van der Waals surface area contributed by atoms with Crippen LogP contribution in [0.4, 0.5) is 11.5 Å². The van der Waals surface area contributed by atoms with Gasteiger partial charge in [0.15, 0.2) is 0 Å². The minimum absolute atomic E-state index is 0.539. The van der Waals surface area contributed by atoms with Crippen molar-refractivity contribution in [3.63, 3.8) is 0 Å². The lowest BCUT2D eigenvalue weighted by Crippen LogP contribution is -1.95. The van der Waals surface area contributed by atoms with Crippen LogP contribution in [0.15, 0.2) is 34.9 Å². The molecule has 0 aliphatic carbocycles. The first kappa shape index (κ1) is 12.7. The molecule has 17 heavy (non-hydrogen) atoms. The third-order valence-corrected chi connectivity index (χ3v) is 3.23. The second-order valence-corrected chi connectivity index (χ2v) is 5.32. The molecule has 2 aromatic rings. The van der Waals surface area contributed by atoms with Crippen molar-refractivity contribution in [3.8, 4) is 0 Å². The van der Waals surface area contributed by atoms with Gasteiger partial charge >= 0.3 is 0 Å². The Balaban J connectivity index is 2.34. The minimum Gasteiger partial charge on any atom is -0.338 e. The summed E-state index contributed by atoms with van der Waals surface area (Å²) in [5.74, 6) is 0.586. The Morgan fingerprint density at radius 1 is 1.18 bits per heavy atom. The molecule has 0 spiro atoms. The molecule has 0 aliphatic rings. The lowest BCUT2D eigenvalue weighted by atomic mass is 10.2. The number of rotatable bonds is 2. The topological polar surface area (TPSA) is 24.9 Å². The first-order valence-electron chi connectivity index (χ1n) is 4.90. The molecule has 5 heteroatoms. The fraction of sp³-hybridized carbons (Fsp3) is 0.0833. The predicted octanol–water partition coefficient (Wildman–Crippen LogP) is 5.20. The van der Waals surface area contributed by atoms with E-state index in [0.29, 0.717) is 15.9 Å². The highest BCUT2D eigenvalue weighted by atomic mass is 79.9. The molecule has 0 unspecified atom stereocenters. The Bertz CT molecular complexity index is 558. The number of halogens is 3. The Morgan fingerprint density at radius 2 is 1.94 bits per heavy atom. The number of hydrogen-bond donors (Lipinski definition) is 1. The number of pyridine rings is 1. The molecule has 0 saturated carbocycles. The highest BCUT2D eigenvalue weighted by Crippen LogP contribution is 2.30. The van der Waals surface area contributed by atoms with Gasteiger partial charge < -0.3 is 5.32 Å². The van der Waals surface area contributed by atoms with Crippen molar-refractivity contribution >= 4 is 50.6 Å². The van der Waals surface area contributed by atoms with Crippen LogP contribution in [0.3, 0.4) is 0 Å². The van der Waals surface area contributed by atoms with Crippen LogP contribution in [0, 0.1) is 6.92 Å². The van der Waals surface area contributed by atoms with E-state index < -0.39 is 0 Å². The smallest absolute Gasteiger partial charge is 0.149 e. The zero-order valence-electron chi connectivity index (χ0n) is 8.97. The summed E-state index contributed by atoms with van der Waals surface area (Å²) < 4.78 is 0.836. The summed E-state index contributed by atoms with van der Waals surface area (Å²) in [6.07, 6.45) is 1.68. The number of aryl methyl sites for hydroxylation is 1. The van der Waals surface area contributed by atoms with E-state index >= 15 is 0 Å². The lowest BCUT2D eigenvalue weighted by Gasteiger charge is -2.10. The van der Waals surface area contributed by atoms with Crippen molar-refractivity contribution in [1.29, 1.82) is 0 Å². The molecule has 1 aromatic carbocycles. The molecule has 2 nitrogen and oxygen atoms in total. The summed E-state index contributed by atoms with van der Waals surface area (Å²) in [4.78, 5) is 4.20. The van der Waals surface area contributed by atoms with Crippen molar-refractivity contribution in [2.45, 2.75) is 6.92 Å². The normalized spacial score (nSPS) is 10.4. The molecule has 2 rings (SSSR count). The third kappa shape index (κ3) is 3.12. The fourth-order valence-electron chi connectivity index (χ4n) is 1.37. The highest BCUT2D eigenvalue weighted by molar-refractivity contribution is 9.10. The predicted molar refractivity (Wildman–Crippen MR) is 76.4 cm³/mol. The van der Waals surface area contributed by atoms with Crippen LogP contribution >= 0.6 is 39.1 Å². The molecule has 1 heterocycles. The van der Waals surface area contributed by atoms with Crippen LogP contribution < -0.4 is 5.32 Å². The second-order valence-electron chi connectivity index (χ2n) is 3.59. The van der Waals surface area contributed by atoms with Crippen LogP contribution in [-0.2, 0) is 0 Å². The molecule has 88 valence electrons. The Morgan fingerprint density at radius 3 is 2.65 bits per heavy atom. The van der Waals surface area contributed by atoms with Gasteiger partial charge in [-0.15, -0.1) is 0 Å². The zero-order chi connectivity index (χ0) is 12.4. The van der Waals surface area contributed by atoms with Crippen LogP contribution in [0.25, 0.3) is 0 Å². The number of anilines is 2. The second kappa shape index (κ2) is 5.25. The van der Waals surface area contributed by atoms with E-state index in [-0.39, 0.29) is 0 Å². The number of hydrogen-bond acceptors (Lipinski definition) is 2. The van der Waals surface area contributed by atoms with E-state index in [4.69, 9.17) is 23.2 Å². The molecule has 0 bridgehead atoms. The quantitative estimate of drug-likeness (QED) is 0.817. The summed E-state index contributed by atoms with van der Waals surface area (Å²) >= 11 is 15.5. The van der Waals surface area contributed by atoms with Gasteiger partial charge in [0, 0.05) is 10.7 Å². The van der Waals surface area contributed by atoms with Gasteiger partial charge in [-0.3, -0.25) is 0 Å². The summed E-state index contributed by atoms with van der Waals surface area (Å²) in [5, 5.41) is 4.29. The summed E-state index contributed by atoms with van der Waals surface area (Å²) in [5.41, 5.74) is 1.91. The maximum absolute atomic E-state index is 6.09. The van der Waals surface area contributed by atoms with Crippen molar-refractivity contribution in [1.82, 2.24) is 4.98 Å². The fourth-order valence-corrected chi connectivity index (χ4v) is 2.21. The van der Waals surface area contributed by atoms with Crippen LogP contribution in [0.2, 0.25) is 10.0 Å². The van der Waals surface area contributed by atoms with E-state index in [2.05, 4.69) is 26.2 Å². The standard InChI is InChI=1S/C12H9BrCl2N2/c1-7-2-3-9(14)11(4-7)17-12-10(15)5-8(13)6-16-12/h2-6H,1H3,(H,16,17). The van der Waals surface area contributed by atoms with Crippen LogP contribution in [0.1, 0.15) is 5.56 Å². The van der Waals surface area contributed by atoms with Gasteiger partial charge in [-0.05, 0) is 46.6 Å². The van der Waals surface area contributed by atoms with Gasteiger partial charge in [0.1, 0.15) is 5.82 Å². The van der Waals surface area contributed by atoms with Crippen LogP contribution in [0.5, 0.6) is 0 Å². The number of aromatic nitrogens is 1. The summed E-state index contributed by atoms with van der Waals surface area (Å²) in [6, 6.07) is 7.51. The molecule has 0 fully saturated rings. The van der Waals surface area contributed by atoms with Crippen LogP contribution in [-0.4, -0.2) is 4.98 Å². The minimum atomic E-state index is 0.539. The van der Waals surface area contributed by atoms with Gasteiger partial charge in [-0.1, -0.05) is 29.3 Å². The van der Waals surface area contributed by atoms with Crippen molar-refractivity contribution in [2.75, 3.05) is 5.32 Å². The first-order valence-corrected chi connectivity index (χ1v) is 6.45.